The summed E-state index contributed by atoms with van der Waals surface area (Å²) in [6.07, 6.45) is 1.84. The van der Waals surface area contributed by atoms with Crippen molar-refractivity contribution in [3.63, 3.8) is 0 Å². The lowest BCUT2D eigenvalue weighted by molar-refractivity contribution is 0.146. The fraction of sp³-hybridized carbons (Fsp3) is 0.647. The van der Waals surface area contributed by atoms with Crippen LogP contribution in [0.2, 0.25) is 0 Å². The quantitative estimate of drug-likeness (QED) is 0.878. The molecular formula is C17H27NO. The molecule has 0 saturated carbocycles. The van der Waals surface area contributed by atoms with Gasteiger partial charge in [-0.2, -0.15) is 0 Å². The van der Waals surface area contributed by atoms with Gasteiger partial charge in [0.25, 0.3) is 0 Å². The molecule has 0 spiro atoms. The molecule has 0 aromatic heterocycles. The maximum atomic E-state index is 10.3. The molecule has 0 aliphatic carbocycles. The Morgan fingerprint density at radius 1 is 1.32 bits per heavy atom. The van der Waals surface area contributed by atoms with Crippen LogP contribution in [0.15, 0.2) is 24.3 Å². The molecule has 1 heterocycles. The average Bonchev–Trinajstić information content (AvgIpc) is 2.85. The Morgan fingerprint density at radius 2 is 2.05 bits per heavy atom. The highest BCUT2D eigenvalue weighted by molar-refractivity contribution is 5.27. The second-order valence-electron chi connectivity index (χ2n) is 6.25. The fourth-order valence-corrected chi connectivity index (χ4v) is 3.03. The highest BCUT2D eigenvalue weighted by Crippen LogP contribution is 2.26. The second-order valence-corrected chi connectivity index (χ2v) is 6.25. The van der Waals surface area contributed by atoms with Crippen molar-refractivity contribution in [3.05, 3.63) is 35.4 Å². The Morgan fingerprint density at radius 3 is 2.68 bits per heavy atom. The van der Waals surface area contributed by atoms with Crippen LogP contribution < -0.4 is 0 Å². The third kappa shape index (κ3) is 3.80. The van der Waals surface area contributed by atoms with Gasteiger partial charge in [-0.3, -0.25) is 0 Å². The summed E-state index contributed by atoms with van der Waals surface area (Å²) in [5.74, 6) is 1.63. The van der Waals surface area contributed by atoms with Gasteiger partial charge in [0.05, 0.1) is 6.10 Å². The molecule has 2 nitrogen and oxygen atoms in total. The van der Waals surface area contributed by atoms with Crippen molar-refractivity contribution in [2.45, 2.75) is 39.7 Å². The molecule has 1 aromatic carbocycles. The molecule has 2 atom stereocenters. The number of nitrogens with zero attached hydrogens (tertiary/aromatic N) is 1. The van der Waals surface area contributed by atoms with Gasteiger partial charge in [-0.1, -0.05) is 38.1 Å². The average molecular weight is 261 g/mol. The van der Waals surface area contributed by atoms with Crippen molar-refractivity contribution < 1.29 is 5.11 Å². The van der Waals surface area contributed by atoms with E-state index in [0.29, 0.717) is 0 Å². The standard InChI is InChI=1S/C17H27NO/c1-13(2)15-8-10-18(12-15)11-9-17(19)16-7-5-4-6-14(16)3/h4-7,13,15,17,19H,8-12H2,1-3H3. The summed E-state index contributed by atoms with van der Waals surface area (Å²) in [5, 5.41) is 10.3. The van der Waals surface area contributed by atoms with E-state index in [1.54, 1.807) is 0 Å². The van der Waals surface area contributed by atoms with E-state index in [1.807, 2.05) is 18.2 Å². The number of rotatable bonds is 5. The molecule has 1 saturated heterocycles. The third-order valence-electron chi connectivity index (χ3n) is 4.52. The van der Waals surface area contributed by atoms with Gasteiger partial charge in [-0.15, -0.1) is 0 Å². The molecule has 19 heavy (non-hydrogen) atoms. The van der Waals surface area contributed by atoms with Gasteiger partial charge in [0.15, 0.2) is 0 Å². The number of aryl methyl sites for hydroxylation is 1. The lowest BCUT2D eigenvalue weighted by Gasteiger charge is -2.20. The topological polar surface area (TPSA) is 23.5 Å². The lowest BCUT2D eigenvalue weighted by atomic mass is 9.95. The molecule has 1 aromatic rings. The van der Waals surface area contributed by atoms with E-state index >= 15 is 0 Å². The summed E-state index contributed by atoms with van der Waals surface area (Å²) in [6, 6.07) is 8.15. The Balaban J connectivity index is 1.82. The van der Waals surface area contributed by atoms with Crippen LogP contribution in [0.4, 0.5) is 0 Å². The summed E-state index contributed by atoms with van der Waals surface area (Å²) < 4.78 is 0. The number of hydrogen-bond acceptors (Lipinski definition) is 2. The van der Waals surface area contributed by atoms with Crippen LogP contribution in [0.3, 0.4) is 0 Å². The van der Waals surface area contributed by atoms with E-state index in [-0.39, 0.29) is 6.10 Å². The third-order valence-corrected chi connectivity index (χ3v) is 4.52. The largest absolute Gasteiger partial charge is 0.388 e. The molecule has 2 unspecified atom stereocenters. The summed E-state index contributed by atoms with van der Waals surface area (Å²) >= 11 is 0. The number of aliphatic hydroxyl groups excluding tert-OH is 1. The van der Waals surface area contributed by atoms with Crippen LogP contribution in [0.1, 0.15) is 43.9 Å². The van der Waals surface area contributed by atoms with Gasteiger partial charge in [0, 0.05) is 13.1 Å². The predicted molar refractivity (Wildman–Crippen MR) is 80.1 cm³/mol. The van der Waals surface area contributed by atoms with Gasteiger partial charge >= 0.3 is 0 Å². The van der Waals surface area contributed by atoms with Crippen molar-refractivity contribution in [3.8, 4) is 0 Å². The van der Waals surface area contributed by atoms with E-state index in [2.05, 4.69) is 31.7 Å². The minimum absolute atomic E-state index is 0.320. The number of benzene rings is 1. The van der Waals surface area contributed by atoms with E-state index in [9.17, 15) is 5.11 Å². The van der Waals surface area contributed by atoms with Crippen molar-refractivity contribution >= 4 is 0 Å². The molecule has 2 heteroatoms. The van der Waals surface area contributed by atoms with Gasteiger partial charge in [-0.05, 0) is 49.3 Å². The molecular weight excluding hydrogens is 234 g/mol. The summed E-state index contributed by atoms with van der Waals surface area (Å²) in [5.41, 5.74) is 2.28. The van der Waals surface area contributed by atoms with E-state index in [1.165, 1.54) is 25.1 Å². The maximum absolute atomic E-state index is 10.3. The normalized spacial score (nSPS) is 22.1. The highest BCUT2D eigenvalue weighted by Gasteiger charge is 2.25. The van der Waals surface area contributed by atoms with Crippen LogP contribution in [0, 0.1) is 18.8 Å². The molecule has 0 amide bonds. The first-order valence-corrected chi connectivity index (χ1v) is 7.54. The first-order chi connectivity index (χ1) is 9.08. The van der Waals surface area contributed by atoms with Gasteiger partial charge in [-0.25, -0.2) is 0 Å². The zero-order chi connectivity index (χ0) is 13.8. The minimum atomic E-state index is -0.320. The maximum Gasteiger partial charge on any atom is 0.0804 e. The molecule has 1 aliphatic heterocycles. The van der Waals surface area contributed by atoms with Gasteiger partial charge in [0.1, 0.15) is 0 Å². The zero-order valence-corrected chi connectivity index (χ0v) is 12.5. The molecule has 1 aliphatic rings. The van der Waals surface area contributed by atoms with E-state index < -0.39 is 0 Å². The smallest absolute Gasteiger partial charge is 0.0804 e. The van der Waals surface area contributed by atoms with Gasteiger partial charge in [0.2, 0.25) is 0 Å². The Hall–Kier alpha value is -0.860. The Kier molecular flexibility index (Phi) is 5.00. The SMILES string of the molecule is Cc1ccccc1C(O)CCN1CCC(C(C)C)C1. The van der Waals surface area contributed by atoms with Crippen LogP contribution in [-0.4, -0.2) is 29.6 Å². The Bertz CT molecular complexity index is 402. The molecule has 0 bridgehead atoms. The Labute approximate surface area is 117 Å². The number of hydrogen-bond donors (Lipinski definition) is 1. The molecule has 106 valence electrons. The summed E-state index contributed by atoms with van der Waals surface area (Å²) in [7, 11) is 0. The van der Waals surface area contributed by atoms with E-state index in [0.717, 1.165) is 30.4 Å². The van der Waals surface area contributed by atoms with Crippen LogP contribution in [-0.2, 0) is 0 Å². The second kappa shape index (κ2) is 6.53. The van der Waals surface area contributed by atoms with Crippen molar-refractivity contribution in [2.75, 3.05) is 19.6 Å². The lowest BCUT2D eigenvalue weighted by Crippen LogP contribution is -2.24. The van der Waals surface area contributed by atoms with Crippen LogP contribution in [0.25, 0.3) is 0 Å². The molecule has 1 fully saturated rings. The fourth-order valence-electron chi connectivity index (χ4n) is 3.03. The predicted octanol–water partition coefficient (Wildman–Crippen LogP) is 3.40. The van der Waals surface area contributed by atoms with Crippen molar-refractivity contribution in [2.24, 2.45) is 11.8 Å². The number of aliphatic hydroxyl groups is 1. The van der Waals surface area contributed by atoms with Gasteiger partial charge < -0.3 is 10.0 Å². The first kappa shape index (κ1) is 14.5. The molecule has 1 N–H and O–H groups in total. The number of likely N-dealkylation sites (tertiary alicyclic amines) is 1. The molecule has 0 radical (unpaired) electrons. The summed E-state index contributed by atoms with van der Waals surface area (Å²) in [4.78, 5) is 2.51. The van der Waals surface area contributed by atoms with E-state index in [4.69, 9.17) is 0 Å². The highest BCUT2D eigenvalue weighted by atomic mass is 16.3. The van der Waals surface area contributed by atoms with Crippen molar-refractivity contribution in [1.29, 1.82) is 0 Å². The monoisotopic (exact) mass is 261 g/mol. The zero-order valence-electron chi connectivity index (χ0n) is 12.5. The van der Waals surface area contributed by atoms with Crippen LogP contribution >= 0.6 is 0 Å². The van der Waals surface area contributed by atoms with Crippen LogP contribution in [0.5, 0.6) is 0 Å². The minimum Gasteiger partial charge on any atom is -0.388 e. The molecule has 2 rings (SSSR count). The first-order valence-electron chi connectivity index (χ1n) is 7.54. The summed E-state index contributed by atoms with van der Waals surface area (Å²) in [6.45, 7) is 10.1. The van der Waals surface area contributed by atoms with Crippen molar-refractivity contribution in [1.82, 2.24) is 4.90 Å².